The first kappa shape index (κ1) is 12.6. The number of rotatable bonds is 5. The Bertz CT molecular complexity index is 577. The third-order valence-corrected chi connectivity index (χ3v) is 2.95. The van der Waals surface area contributed by atoms with Gasteiger partial charge in [-0.15, -0.1) is 0 Å². The zero-order valence-electron chi connectivity index (χ0n) is 10.4. The molecule has 3 N–H and O–H groups in total. The lowest BCUT2D eigenvalue weighted by atomic mass is 10.1. The molecule has 0 saturated carbocycles. The fourth-order valence-electron chi connectivity index (χ4n) is 2.02. The van der Waals surface area contributed by atoms with Crippen LogP contribution in [0.3, 0.4) is 0 Å². The van der Waals surface area contributed by atoms with E-state index in [4.69, 9.17) is 5.11 Å². The van der Waals surface area contributed by atoms with Gasteiger partial charge in [0, 0.05) is 18.0 Å². The summed E-state index contributed by atoms with van der Waals surface area (Å²) in [7, 11) is 0. The molecular weight excluding hydrogens is 228 g/mol. The number of anilines is 1. The first-order valence-corrected chi connectivity index (χ1v) is 6.20. The lowest BCUT2D eigenvalue weighted by Gasteiger charge is -2.14. The molecule has 1 aromatic carbocycles. The number of hydrogen-bond acceptors (Lipinski definition) is 3. The summed E-state index contributed by atoms with van der Waals surface area (Å²) in [6.45, 7) is 2.23. The Labute approximate surface area is 106 Å². The molecule has 0 aliphatic carbocycles. The van der Waals surface area contributed by atoms with Gasteiger partial charge in [-0.3, -0.25) is 4.79 Å². The Balaban J connectivity index is 2.22. The summed E-state index contributed by atoms with van der Waals surface area (Å²) in [6, 6.07) is 9.66. The van der Waals surface area contributed by atoms with Crippen molar-refractivity contribution in [2.24, 2.45) is 0 Å². The quantitative estimate of drug-likeness (QED) is 0.757. The SMILES string of the molecule is CC(CCCO)Nc1cc2ccccc2c(=O)[nH]1. The van der Waals surface area contributed by atoms with Crippen LogP contribution in [-0.4, -0.2) is 22.7 Å². The fraction of sp³-hybridized carbons (Fsp3) is 0.357. The van der Waals surface area contributed by atoms with Gasteiger partial charge in [0.2, 0.25) is 0 Å². The van der Waals surface area contributed by atoms with Gasteiger partial charge in [0.25, 0.3) is 5.56 Å². The van der Waals surface area contributed by atoms with Crippen molar-refractivity contribution < 1.29 is 5.11 Å². The summed E-state index contributed by atoms with van der Waals surface area (Å²) in [6.07, 6.45) is 1.62. The van der Waals surface area contributed by atoms with Gasteiger partial charge in [-0.25, -0.2) is 0 Å². The molecule has 0 amide bonds. The molecule has 0 radical (unpaired) electrons. The average molecular weight is 246 g/mol. The molecule has 4 nitrogen and oxygen atoms in total. The number of aliphatic hydroxyl groups excluding tert-OH is 1. The Morgan fingerprint density at radius 2 is 2.17 bits per heavy atom. The third kappa shape index (κ3) is 2.90. The van der Waals surface area contributed by atoms with Crippen molar-refractivity contribution in [3.05, 3.63) is 40.7 Å². The summed E-state index contributed by atoms with van der Waals surface area (Å²) in [5, 5.41) is 13.7. The maximum Gasteiger partial charge on any atom is 0.257 e. The maximum absolute atomic E-state index is 11.9. The van der Waals surface area contributed by atoms with E-state index < -0.39 is 0 Å². The highest BCUT2D eigenvalue weighted by atomic mass is 16.2. The minimum absolute atomic E-state index is 0.0787. The second-order valence-corrected chi connectivity index (χ2v) is 4.51. The van der Waals surface area contributed by atoms with Gasteiger partial charge in [-0.05, 0) is 37.3 Å². The van der Waals surface area contributed by atoms with Crippen LogP contribution in [0.4, 0.5) is 5.82 Å². The minimum atomic E-state index is -0.0787. The predicted molar refractivity (Wildman–Crippen MR) is 74.0 cm³/mol. The van der Waals surface area contributed by atoms with E-state index in [0.29, 0.717) is 5.39 Å². The number of aliphatic hydroxyl groups is 1. The maximum atomic E-state index is 11.9. The Hall–Kier alpha value is -1.81. The molecule has 2 rings (SSSR count). The number of nitrogens with one attached hydrogen (secondary N) is 2. The van der Waals surface area contributed by atoms with E-state index in [-0.39, 0.29) is 18.2 Å². The summed E-state index contributed by atoms with van der Waals surface area (Å²) >= 11 is 0. The molecule has 96 valence electrons. The largest absolute Gasteiger partial charge is 0.396 e. The summed E-state index contributed by atoms with van der Waals surface area (Å²) < 4.78 is 0. The van der Waals surface area contributed by atoms with Gasteiger partial charge < -0.3 is 15.4 Å². The number of benzene rings is 1. The van der Waals surface area contributed by atoms with E-state index in [1.54, 1.807) is 0 Å². The first-order chi connectivity index (χ1) is 8.70. The van der Waals surface area contributed by atoms with Crippen LogP contribution in [0.25, 0.3) is 10.8 Å². The predicted octanol–water partition coefficient (Wildman–Crippen LogP) is 2.10. The van der Waals surface area contributed by atoms with Gasteiger partial charge in [0.15, 0.2) is 0 Å². The van der Waals surface area contributed by atoms with Gasteiger partial charge in [0.1, 0.15) is 5.82 Å². The highest BCUT2D eigenvalue weighted by Gasteiger charge is 2.04. The molecule has 4 heteroatoms. The van der Waals surface area contributed by atoms with E-state index in [1.807, 2.05) is 37.3 Å². The molecule has 1 heterocycles. The highest BCUT2D eigenvalue weighted by Crippen LogP contribution is 2.14. The number of H-pyrrole nitrogens is 1. The van der Waals surface area contributed by atoms with Crippen molar-refractivity contribution in [3.8, 4) is 0 Å². The molecule has 0 spiro atoms. The van der Waals surface area contributed by atoms with E-state index in [1.165, 1.54) is 0 Å². The number of fused-ring (bicyclic) bond motifs is 1. The van der Waals surface area contributed by atoms with Crippen LogP contribution < -0.4 is 10.9 Å². The van der Waals surface area contributed by atoms with Crippen LogP contribution in [0.5, 0.6) is 0 Å². The lowest BCUT2D eigenvalue weighted by molar-refractivity contribution is 0.282. The standard InChI is InChI=1S/C14H18N2O2/c1-10(5-4-8-17)15-13-9-11-6-2-3-7-12(11)14(18)16-13/h2-3,6-7,9-10,17H,4-5,8H2,1H3,(H2,15,16,18). The molecule has 0 aliphatic rings. The van der Waals surface area contributed by atoms with E-state index in [0.717, 1.165) is 24.0 Å². The number of aromatic nitrogens is 1. The van der Waals surface area contributed by atoms with E-state index in [2.05, 4.69) is 10.3 Å². The molecular formula is C14H18N2O2. The first-order valence-electron chi connectivity index (χ1n) is 6.20. The molecule has 18 heavy (non-hydrogen) atoms. The van der Waals surface area contributed by atoms with Crippen LogP contribution in [0.2, 0.25) is 0 Å². The third-order valence-electron chi connectivity index (χ3n) is 2.95. The van der Waals surface area contributed by atoms with Gasteiger partial charge in [-0.1, -0.05) is 18.2 Å². The van der Waals surface area contributed by atoms with Crippen molar-refractivity contribution in [1.82, 2.24) is 4.98 Å². The number of hydrogen-bond donors (Lipinski definition) is 3. The topological polar surface area (TPSA) is 65.1 Å². The molecule has 0 bridgehead atoms. The average Bonchev–Trinajstić information content (AvgIpc) is 2.36. The summed E-state index contributed by atoms with van der Waals surface area (Å²) in [5.74, 6) is 0.726. The van der Waals surface area contributed by atoms with Crippen molar-refractivity contribution in [1.29, 1.82) is 0 Å². The molecule has 1 aromatic heterocycles. The second-order valence-electron chi connectivity index (χ2n) is 4.51. The lowest BCUT2D eigenvalue weighted by Crippen LogP contribution is -2.19. The van der Waals surface area contributed by atoms with Crippen molar-refractivity contribution in [2.75, 3.05) is 11.9 Å². The zero-order valence-corrected chi connectivity index (χ0v) is 10.4. The molecule has 0 fully saturated rings. The monoisotopic (exact) mass is 246 g/mol. The molecule has 1 atom stereocenters. The molecule has 2 aromatic rings. The van der Waals surface area contributed by atoms with Gasteiger partial charge in [0.05, 0.1) is 0 Å². The van der Waals surface area contributed by atoms with Crippen LogP contribution >= 0.6 is 0 Å². The van der Waals surface area contributed by atoms with Gasteiger partial charge in [-0.2, -0.15) is 0 Å². The Morgan fingerprint density at radius 1 is 1.39 bits per heavy atom. The zero-order chi connectivity index (χ0) is 13.0. The highest BCUT2D eigenvalue weighted by molar-refractivity contribution is 5.83. The normalized spacial score (nSPS) is 12.6. The Kier molecular flexibility index (Phi) is 3.99. The van der Waals surface area contributed by atoms with E-state index >= 15 is 0 Å². The Morgan fingerprint density at radius 3 is 2.94 bits per heavy atom. The summed E-state index contributed by atoms with van der Waals surface area (Å²) in [4.78, 5) is 14.7. The second kappa shape index (κ2) is 5.69. The van der Waals surface area contributed by atoms with Crippen molar-refractivity contribution in [2.45, 2.75) is 25.8 Å². The molecule has 0 aliphatic heterocycles. The molecule has 0 saturated heterocycles. The van der Waals surface area contributed by atoms with Gasteiger partial charge >= 0.3 is 0 Å². The van der Waals surface area contributed by atoms with Crippen molar-refractivity contribution in [3.63, 3.8) is 0 Å². The van der Waals surface area contributed by atoms with E-state index in [9.17, 15) is 4.79 Å². The van der Waals surface area contributed by atoms with Crippen LogP contribution in [0, 0.1) is 0 Å². The van der Waals surface area contributed by atoms with Crippen LogP contribution in [-0.2, 0) is 0 Å². The minimum Gasteiger partial charge on any atom is -0.396 e. The van der Waals surface area contributed by atoms with Crippen LogP contribution in [0.1, 0.15) is 19.8 Å². The number of pyridine rings is 1. The fourth-order valence-corrected chi connectivity index (χ4v) is 2.02. The molecule has 1 unspecified atom stereocenters. The van der Waals surface area contributed by atoms with Crippen molar-refractivity contribution >= 4 is 16.6 Å². The van der Waals surface area contributed by atoms with Crippen LogP contribution in [0.15, 0.2) is 35.1 Å². The number of aromatic amines is 1. The smallest absolute Gasteiger partial charge is 0.257 e. The summed E-state index contributed by atoms with van der Waals surface area (Å²) in [5.41, 5.74) is -0.0787.